The van der Waals surface area contributed by atoms with Crippen molar-refractivity contribution >= 4 is 16.9 Å². The Morgan fingerprint density at radius 3 is 2.71 bits per heavy atom. The number of carboxylic acids is 1. The zero-order valence-electron chi connectivity index (χ0n) is 9.06. The van der Waals surface area contributed by atoms with Gasteiger partial charge in [0.15, 0.2) is 0 Å². The lowest BCUT2D eigenvalue weighted by Gasteiger charge is -2.06. The van der Waals surface area contributed by atoms with Crippen LogP contribution in [-0.4, -0.2) is 16.2 Å². The summed E-state index contributed by atoms with van der Waals surface area (Å²) in [5, 5.41) is 19.0. The number of hydrogen-bond donors (Lipinski definition) is 2. The predicted octanol–water partition coefficient (Wildman–Crippen LogP) is 1.76. The SMILES string of the molecule is CCc1c(O)c2c(C(=O)O)cccc2oc1=O. The van der Waals surface area contributed by atoms with Crippen molar-refractivity contribution in [2.75, 3.05) is 0 Å². The van der Waals surface area contributed by atoms with Crippen LogP contribution in [-0.2, 0) is 6.42 Å². The average Bonchev–Trinajstić information content (AvgIpc) is 2.28. The summed E-state index contributed by atoms with van der Waals surface area (Å²) in [6, 6.07) is 4.26. The maximum Gasteiger partial charge on any atom is 0.343 e. The summed E-state index contributed by atoms with van der Waals surface area (Å²) >= 11 is 0. The van der Waals surface area contributed by atoms with Crippen LogP contribution in [0.15, 0.2) is 27.4 Å². The van der Waals surface area contributed by atoms with E-state index in [1.54, 1.807) is 6.92 Å². The number of benzene rings is 1. The van der Waals surface area contributed by atoms with Crippen molar-refractivity contribution in [3.63, 3.8) is 0 Å². The van der Waals surface area contributed by atoms with E-state index in [9.17, 15) is 14.7 Å². The third-order valence-corrected chi connectivity index (χ3v) is 2.58. The van der Waals surface area contributed by atoms with E-state index in [-0.39, 0.29) is 34.3 Å². The van der Waals surface area contributed by atoms with Crippen LogP contribution in [0.3, 0.4) is 0 Å². The molecule has 1 aromatic heterocycles. The molecule has 17 heavy (non-hydrogen) atoms. The van der Waals surface area contributed by atoms with Crippen LogP contribution in [0.25, 0.3) is 11.0 Å². The van der Waals surface area contributed by atoms with E-state index < -0.39 is 11.6 Å². The third-order valence-electron chi connectivity index (χ3n) is 2.58. The standard InChI is InChI=1S/C12H10O5/c1-2-6-10(13)9-7(11(14)15)4-3-5-8(9)17-12(6)16/h3-5,13H,2H2,1H3,(H,14,15). The number of fused-ring (bicyclic) bond motifs is 1. The summed E-state index contributed by atoms with van der Waals surface area (Å²) in [6.45, 7) is 1.68. The molecule has 0 fully saturated rings. The molecule has 0 aliphatic rings. The summed E-state index contributed by atoms with van der Waals surface area (Å²) in [5.41, 5.74) is -0.561. The lowest BCUT2D eigenvalue weighted by Crippen LogP contribution is -2.08. The molecule has 0 aliphatic heterocycles. The monoisotopic (exact) mass is 234 g/mol. The Hall–Kier alpha value is -2.30. The van der Waals surface area contributed by atoms with E-state index in [1.807, 2.05) is 0 Å². The highest BCUT2D eigenvalue weighted by Gasteiger charge is 2.18. The van der Waals surface area contributed by atoms with Crippen molar-refractivity contribution in [2.45, 2.75) is 13.3 Å². The van der Waals surface area contributed by atoms with E-state index in [4.69, 9.17) is 9.52 Å². The van der Waals surface area contributed by atoms with Crippen molar-refractivity contribution in [3.8, 4) is 5.75 Å². The first-order valence-electron chi connectivity index (χ1n) is 5.07. The Bertz CT molecular complexity index is 654. The minimum absolute atomic E-state index is 0.0662. The van der Waals surface area contributed by atoms with Gasteiger partial charge in [0, 0.05) is 0 Å². The molecule has 0 atom stereocenters. The van der Waals surface area contributed by atoms with Crippen LogP contribution in [0.5, 0.6) is 5.75 Å². The highest BCUT2D eigenvalue weighted by molar-refractivity contribution is 6.04. The number of hydrogen-bond acceptors (Lipinski definition) is 4. The van der Waals surface area contributed by atoms with E-state index >= 15 is 0 Å². The van der Waals surface area contributed by atoms with Crippen molar-refractivity contribution < 1.29 is 19.4 Å². The maximum absolute atomic E-state index is 11.5. The Labute approximate surface area is 95.9 Å². The molecule has 0 unspecified atom stereocenters. The van der Waals surface area contributed by atoms with Crippen molar-refractivity contribution in [1.82, 2.24) is 0 Å². The van der Waals surface area contributed by atoms with Gasteiger partial charge >= 0.3 is 11.6 Å². The summed E-state index contributed by atoms with van der Waals surface area (Å²) in [5.74, 6) is -1.49. The number of aromatic carboxylic acids is 1. The lowest BCUT2D eigenvalue weighted by molar-refractivity contribution is 0.0698. The van der Waals surface area contributed by atoms with Gasteiger partial charge in [-0.1, -0.05) is 13.0 Å². The molecule has 1 aromatic carbocycles. The maximum atomic E-state index is 11.5. The Kier molecular flexibility index (Phi) is 2.59. The highest BCUT2D eigenvalue weighted by Crippen LogP contribution is 2.29. The number of rotatable bonds is 2. The van der Waals surface area contributed by atoms with Gasteiger partial charge in [-0.25, -0.2) is 9.59 Å². The van der Waals surface area contributed by atoms with Gasteiger partial charge in [0.05, 0.1) is 16.5 Å². The first kappa shape index (κ1) is 11.2. The Morgan fingerprint density at radius 1 is 1.41 bits per heavy atom. The normalized spacial score (nSPS) is 10.6. The molecule has 5 nitrogen and oxygen atoms in total. The van der Waals surface area contributed by atoms with Gasteiger partial charge in [-0.3, -0.25) is 0 Å². The fraction of sp³-hybridized carbons (Fsp3) is 0.167. The van der Waals surface area contributed by atoms with E-state index in [0.717, 1.165) is 0 Å². The van der Waals surface area contributed by atoms with Crippen molar-refractivity contribution in [3.05, 3.63) is 39.7 Å². The molecule has 0 saturated carbocycles. The molecule has 0 radical (unpaired) electrons. The Balaban J connectivity index is 2.99. The van der Waals surface area contributed by atoms with Crippen molar-refractivity contribution in [2.24, 2.45) is 0 Å². The molecule has 2 aromatic rings. The van der Waals surface area contributed by atoms with Gasteiger partial charge < -0.3 is 14.6 Å². The molecule has 5 heteroatoms. The molecule has 0 saturated heterocycles. The minimum atomic E-state index is -1.18. The summed E-state index contributed by atoms with van der Waals surface area (Å²) in [4.78, 5) is 22.5. The van der Waals surface area contributed by atoms with Gasteiger partial charge in [-0.15, -0.1) is 0 Å². The predicted molar refractivity (Wildman–Crippen MR) is 60.5 cm³/mol. The summed E-state index contributed by atoms with van der Waals surface area (Å²) < 4.78 is 4.98. The summed E-state index contributed by atoms with van der Waals surface area (Å²) in [6.07, 6.45) is 0.276. The van der Waals surface area contributed by atoms with Gasteiger partial charge in [0.25, 0.3) is 0 Å². The molecule has 0 spiro atoms. The number of aromatic hydroxyl groups is 1. The molecule has 2 rings (SSSR count). The fourth-order valence-corrected chi connectivity index (χ4v) is 1.76. The fourth-order valence-electron chi connectivity index (χ4n) is 1.76. The third kappa shape index (κ3) is 1.65. The number of carboxylic acid groups (broad SMARTS) is 1. The molecule has 0 aliphatic carbocycles. The second-order valence-electron chi connectivity index (χ2n) is 3.55. The average molecular weight is 234 g/mol. The quantitative estimate of drug-likeness (QED) is 0.773. The van der Waals surface area contributed by atoms with Crippen LogP contribution >= 0.6 is 0 Å². The minimum Gasteiger partial charge on any atom is -0.507 e. The van der Waals surface area contributed by atoms with Crippen molar-refractivity contribution in [1.29, 1.82) is 0 Å². The van der Waals surface area contributed by atoms with Gasteiger partial charge in [-0.2, -0.15) is 0 Å². The van der Waals surface area contributed by atoms with Gasteiger partial charge in [-0.05, 0) is 18.6 Å². The molecular weight excluding hydrogens is 224 g/mol. The highest BCUT2D eigenvalue weighted by atomic mass is 16.4. The second-order valence-corrected chi connectivity index (χ2v) is 3.55. The Morgan fingerprint density at radius 2 is 2.12 bits per heavy atom. The van der Waals surface area contributed by atoms with Crippen LogP contribution < -0.4 is 5.63 Å². The van der Waals surface area contributed by atoms with E-state index in [1.165, 1.54) is 18.2 Å². The number of carbonyl (C=O) groups is 1. The molecule has 2 N–H and O–H groups in total. The van der Waals surface area contributed by atoms with Crippen LogP contribution in [0.4, 0.5) is 0 Å². The van der Waals surface area contributed by atoms with Gasteiger partial charge in [0.1, 0.15) is 11.3 Å². The zero-order valence-corrected chi connectivity index (χ0v) is 9.06. The first-order chi connectivity index (χ1) is 8.06. The van der Waals surface area contributed by atoms with Gasteiger partial charge in [0.2, 0.25) is 0 Å². The first-order valence-corrected chi connectivity index (χ1v) is 5.07. The molecule has 0 amide bonds. The van der Waals surface area contributed by atoms with E-state index in [0.29, 0.717) is 0 Å². The summed E-state index contributed by atoms with van der Waals surface area (Å²) in [7, 11) is 0. The molecular formula is C12H10O5. The van der Waals surface area contributed by atoms with Crippen LogP contribution in [0.1, 0.15) is 22.8 Å². The van der Waals surface area contributed by atoms with Crippen LogP contribution in [0.2, 0.25) is 0 Å². The molecule has 0 bridgehead atoms. The molecule has 88 valence electrons. The zero-order chi connectivity index (χ0) is 12.6. The van der Waals surface area contributed by atoms with E-state index in [2.05, 4.69) is 0 Å². The lowest BCUT2D eigenvalue weighted by atomic mass is 10.1. The molecule has 1 heterocycles. The second kappa shape index (κ2) is 3.93. The smallest absolute Gasteiger partial charge is 0.343 e. The largest absolute Gasteiger partial charge is 0.507 e. The van der Waals surface area contributed by atoms with Crippen LogP contribution in [0, 0.1) is 0 Å². The topological polar surface area (TPSA) is 87.7 Å².